The molecule has 2 nitrogen and oxygen atoms in total. The van der Waals surface area contributed by atoms with Crippen LogP contribution in [0.5, 0.6) is 0 Å². The van der Waals surface area contributed by atoms with Crippen molar-refractivity contribution in [1.29, 1.82) is 0 Å². The fraction of sp³-hybridized carbons (Fsp3) is 0.583. The zero-order valence-corrected chi connectivity index (χ0v) is 10.0. The first-order valence-corrected chi connectivity index (χ1v) is 6.00. The highest BCUT2D eigenvalue weighted by molar-refractivity contribution is 6.20. The SMILES string of the molecule is CCCC(Cl)CCCc1cnccc1N. The first-order valence-electron chi connectivity index (χ1n) is 5.56. The van der Waals surface area contributed by atoms with Crippen LogP contribution < -0.4 is 5.73 Å². The van der Waals surface area contributed by atoms with E-state index in [1.54, 1.807) is 6.20 Å². The van der Waals surface area contributed by atoms with Crippen LogP contribution in [0.1, 0.15) is 38.2 Å². The van der Waals surface area contributed by atoms with Crippen molar-refractivity contribution in [3.05, 3.63) is 24.0 Å². The van der Waals surface area contributed by atoms with Crippen molar-refractivity contribution in [3.63, 3.8) is 0 Å². The fourth-order valence-electron chi connectivity index (χ4n) is 1.62. The smallest absolute Gasteiger partial charge is 0.0377 e. The van der Waals surface area contributed by atoms with Gasteiger partial charge in [-0.2, -0.15) is 0 Å². The molecule has 84 valence electrons. The minimum atomic E-state index is 0.313. The van der Waals surface area contributed by atoms with E-state index in [4.69, 9.17) is 17.3 Å². The number of alkyl halides is 1. The van der Waals surface area contributed by atoms with Crippen LogP contribution in [0.2, 0.25) is 0 Å². The summed E-state index contributed by atoms with van der Waals surface area (Å²) in [6.07, 6.45) is 8.95. The number of nitrogen functional groups attached to an aromatic ring is 1. The first kappa shape index (κ1) is 12.3. The van der Waals surface area contributed by atoms with Crippen LogP contribution in [0.25, 0.3) is 0 Å². The van der Waals surface area contributed by atoms with Gasteiger partial charge in [0.2, 0.25) is 0 Å². The molecule has 1 atom stereocenters. The summed E-state index contributed by atoms with van der Waals surface area (Å²) in [7, 11) is 0. The minimum absolute atomic E-state index is 0.313. The van der Waals surface area contributed by atoms with Gasteiger partial charge in [0.1, 0.15) is 0 Å². The van der Waals surface area contributed by atoms with E-state index >= 15 is 0 Å². The average molecular weight is 227 g/mol. The summed E-state index contributed by atoms with van der Waals surface area (Å²) >= 11 is 6.14. The zero-order valence-electron chi connectivity index (χ0n) is 9.25. The second kappa shape index (κ2) is 6.67. The van der Waals surface area contributed by atoms with Crippen molar-refractivity contribution in [2.75, 3.05) is 5.73 Å². The van der Waals surface area contributed by atoms with Gasteiger partial charge in [-0.05, 0) is 37.3 Å². The van der Waals surface area contributed by atoms with E-state index in [1.807, 2.05) is 12.3 Å². The van der Waals surface area contributed by atoms with E-state index in [0.29, 0.717) is 5.38 Å². The van der Waals surface area contributed by atoms with Crippen molar-refractivity contribution < 1.29 is 0 Å². The maximum absolute atomic E-state index is 6.14. The molecule has 0 fully saturated rings. The highest BCUT2D eigenvalue weighted by Gasteiger charge is 2.04. The molecule has 0 aromatic carbocycles. The predicted octanol–water partition coefficient (Wildman–Crippen LogP) is 3.39. The number of nitrogens with zero attached hydrogens (tertiary/aromatic N) is 1. The average Bonchev–Trinajstić information content (AvgIpc) is 2.21. The lowest BCUT2D eigenvalue weighted by Crippen LogP contribution is -2.00. The third kappa shape index (κ3) is 4.52. The van der Waals surface area contributed by atoms with Gasteiger partial charge in [-0.25, -0.2) is 0 Å². The van der Waals surface area contributed by atoms with Gasteiger partial charge < -0.3 is 5.73 Å². The molecule has 0 radical (unpaired) electrons. The van der Waals surface area contributed by atoms with Crippen molar-refractivity contribution in [1.82, 2.24) is 4.98 Å². The largest absolute Gasteiger partial charge is 0.398 e. The molecule has 15 heavy (non-hydrogen) atoms. The molecule has 0 spiro atoms. The van der Waals surface area contributed by atoms with E-state index < -0.39 is 0 Å². The number of aromatic nitrogens is 1. The summed E-state index contributed by atoms with van der Waals surface area (Å²) < 4.78 is 0. The topological polar surface area (TPSA) is 38.9 Å². The molecule has 0 aliphatic rings. The quantitative estimate of drug-likeness (QED) is 0.756. The number of halogens is 1. The van der Waals surface area contributed by atoms with Gasteiger partial charge in [-0.1, -0.05) is 13.3 Å². The Balaban J connectivity index is 2.29. The summed E-state index contributed by atoms with van der Waals surface area (Å²) in [6, 6.07) is 1.85. The summed E-state index contributed by atoms with van der Waals surface area (Å²) in [4.78, 5) is 4.07. The third-order valence-corrected chi connectivity index (χ3v) is 2.94. The van der Waals surface area contributed by atoms with Crippen molar-refractivity contribution in [3.8, 4) is 0 Å². The van der Waals surface area contributed by atoms with Crippen LogP contribution in [0, 0.1) is 0 Å². The molecular weight excluding hydrogens is 208 g/mol. The molecule has 0 saturated heterocycles. The monoisotopic (exact) mass is 226 g/mol. The van der Waals surface area contributed by atoms with Crippen LogP contribution >= 0.6 is 11.6 Å². The van der Waals surface area contributed by atoms with Gasteiger partial charge >= 0.3 is 0 Å². The third-order valence-electron chi connectivity index (χ3n) is 2.51. The molecule has 0 aliphatic carbocycles. The Morgan fingerprint density at radius 3 is 2.93 bits per heavy atom. The number of pyridine rings is 1. The molecule has 2 N–H and O–H groups in total. The van der Waals surface area contributed by atoms with Gasteiger partial charge in [0, 0.05) is 23.5 Å². The summed E-state index contributed by atoms with van der Waals surface area (Å²) in [5, 5.41) is 0.313. The standard InChI is InChI=1S/C12H19ClN2/c1-2-4-11(13)6-3-5-10-9-15-8-7-12(10)14/h7-9,11H,2-6H2,1H3,(H2,14,15). The van der Waals surface area contributed by atoms with E-state index in [9.17, 15) is 0 Å². The zero-order chi connectivity index (χ0) is 11.1. The van der Waals surface area contributed by atoms with Crippen LogP contribution in [0.3, 0.4) is 0 Å². The molecule has 0 bridgehead atoms. The second-order valence-electron chi connectivity index (χ2n) is 3.85. The number of rotatable bonds is 6. The van der Waals surface area contributed by atoms with Crippen LogP contribution in [-0.2, 0) is 6.42 Å². The molecule has 0 amide bonds. The second-order valence-corrected chi connectivity index (χ2v) is 4.47. The molecule has 1 aromatic heterocycles. The molecule has 0 aliphatic heterocycles. The Labute approximate surface area is 96.8 Å². The molecule has 1 unspecified atom stereocenters. The fourth-order valence-corrected chi connectivity index (χ4v) is 1.99. The highest BCUT2D eigenvalue weighted by atomic mass is 35.5. The van der Waals surface area contributed by atoms with Crippen molar-refractivity contribution >= 4 is 17.3 Å². The Morgan fingerprint density at radius 2 is 2.27 bits per heavy atom. The maximum Gasteiger partial charge on any atom is 0.0377 e. The molecule has 3 heteroatoms. The van der Waals surface area contributed by atoms with Crippen molar-refractivity contribution in [2.24, 2.45) is 0 Å². The predicted molar refractivity (Wildman–Crippen MR) is 66.1 cm³/mol. The normalized spacial score (nSPS) is 12.7. The summed E-state index contributed by atoms with van der Waals surface area (Å²) in [5.41, 5.74) is 7.80. The number of nitrogens with two attached hydrogens (primary N) is 1. The van der Waals surface area contributed by atoms with Gasteiger partial charge in [0.05, 0.1) is 0 Å². The van der Waals surface area contributed by atoms with Crippen LogP contribution in [-0.4, -0.2) is 10.4 Å². The van der Waals surface area contributed by atoms with E-state index in [0.717, 1.165) is 43.4 Å². The maximum atomic E-state index is 6.14. The molecule has 1 aromatic rings. The van der Waals surface area contributed by atoms with Crippen LogP contribution in [0.4, 0.5) is 5.69 Å². The highest BCUT2D eigenvalue weighted by Crippen LogP contribution is 2.16. The van der Waals surface area contributed by atoms with Crippen molar-refractivity contribution in [2.45, 2.75) is 44.4 Å². The van der Waals surface area contributed by atoms with E-state index in [2.05, 4.69) is 11.9 Å². The Morgan fingerprint density at radius 1 is 1.47 bits per heavy atom. The summed E-state index contributed by atoms with van der Waals surface area (Å²) in [5.74, 6) is 0. The molecular formula is C12H19ClN2. The number of aryl methyl sites for hydroxylation is 1. The summed E-state index contributed by atoms with van der Waals surface area (Å²) in [6.45, 7) is 2.16. The lowest BCUT2D eigenvalue weighted by Gasteiger charge is -2.08. The molecule has 0 saturated carbocycles. The van der Waals surface area contributed by atoms with E-state index in [1.165, 1.54) is 0 Å². The minimum Gasteiger partial charge on any atom is -0.398 e. The molecule has 1 rings (SSSR count). The van der Waals surface area contributed by atoms with E-state index in [-0.39, 0.29) is 0 Å². The van der Waals surface area contributed by atoms with Crippen LogP contribution in [0.15, 0.2) is 18.5 Å². The first-order chi connectivity index (χ1) is 7.24. The lowest BCUT2D eigenvalue weighted by atomic mass is 10.1. The van der Waals surface area contributed by atoms with Gasteiger partial charge in [-0.3, -0.25) is 4.98 Å². The molecule has 1 heterocycles. The Bertz CT molecular complexity index is 289. The van der Waals surface area contributed by atoms with Gasteiger partial charge in [0.25, 0.3) is 0 Å². The Kier molecular flexibility index (Phi) is 5.48. The number of anilines is 1. The number of hydrogen-bond donors (Lipinski definition) is 1. The van der Waals surface area contributed by atoms with Gasteiger partial charge in [-0.15, -0.1) is 11.6 Å². The van der Waals surface area contributed by atoms with Gasteiger partial charge in [0.15, 0.2) is 0 Å². The number of hydrogen-bond acceptors (Lipinski definition) is 2. The lowest BCUT2D eigenvalue weighted by molar-refractivity contribution is 0.640. The Hall–Kier alpha value is -0.760.